The summed E-state index contributed by atoms with van der Waals surface area (Å²) in [6, 6.07) is 3.63. The minimum absolute atomic E-state index is 0.00498. The monoisotopic (exact) mass is 274 g/mol. The van der Waals surface area contributed by atoms with Crippen LogP contribution in [0.25, 0.3) is 0 Å². The normalized spacial score (nSPS) is 13.9. The predicted molar refractivity (Wildman–Crippen MR) is 75.9 cm³/mol. The highest BCUT2D eigenvalue weighted by Crippen LogP contribution is 2.32. The Balaban J connectivity index is 2.36. The average Bonchev–Trinajstić information content (AvgIpc) is 2.53. The van der Waals surface area contributed by atoms with Gasteiger partial charge in [0.1, 0.15) is 6.54 Å². The molecular weight excluding hydrogens is 256 g/mol. The van der Waals surface area contributed by atoms with Crippen LogP contribution in [0.15, 0.2) is 12.1 Å². The second-order valence-corrected chi connectivity index (χ2v) is 5.42. The summed E-state index contributed by atoms with van der Waals surface area (Å²) in [6.07, 6.45) is 0. The number of benzene rings is 1. The van der Waals surface area contributed by atoms with Crippen LogP contribution in [0.5, 0.6) is 0 Å². The topological polar surface area (TPSA) is 66.5 Å². The maximum atomic E-state index is 12.0. The number of rotatable bonds is 3. The van der Waals surface area contributed by atoms with Gasteiger partial charge < -0.3 is 5.32 Å². The molecule has 0 unspecified atom stereocenters. The molecule has 1 N–H and O–H groups in total. The van der Waals surface area contributed by atoms with Gasteiger partial charge in [0.25, 0.3) is 11.7 Å². The van der Waals surface area contributed by atoms with Gasteiger partial charge in [0.2, 0.25) is 5.91 Å². The average molecular weight is 274 g/mol. The zero-order valence-corrected chi connectivity index (χ0v) is 12.1. The number of carbonyl (C=O) groups is 3. The Labute approximate surface area is 118 Å². The van der Waals surface area contributed by atoms with Crippen molar-refractivity contribution in [3.8, 4) is 0 Å². The summed E-state index contributed by atoms with van der Waals surface area (Å²) in [4.78, 5) is 37.1. The van der Waals surface area contributed by atoms with Crippen molar-refractivity contribution in [1.29, 1.82) is 0 Å². The Morgan fingerprint density at radius 1 is 1.25 bits per heavy atom. The summed E-state index contributed by atoms with van der Waals surface area (Å²) in [7, 11) is 0. The SMILES string of the molecule is Cc1cc(C)c2c(c1)N(CC(=O)NC(C)C)C(=O)C2=O. The van der Waals surface area contributed by atoms with Gasteiger partial charge in [-0.1, -0.05) is 6.07 Å². The summed E-state index contributed by atoms with van der Waals surface area (Å²) >= 11 is 0. The molecular formula is C15H18N2O3. The number of fused-ring (bicyclic) bond motifs is 1. The van der Waals surface area contributed by atoms with E-state index in [1.807, 2.05) is 26.8 Å². The number of Topliss-reactive ketones (excluding diaryl/α,β-unsaturated/α-hetero) is 1. The van der Waals surface area contributed by atoms with Gasteiger partial charge in [0, 0.05) is 6.04 Å². The Bertz CT molecular complexity index is 605. The molecule has 2 amide bonds. The third-order valence-electron chi connectivity index (χ3n) is 3.17. The van der Waals surface area contributed by atoms with Gasteiger partial charge >= 0.3 is 0 Å². The van der Waals surface area contributed by atoms with Crippen LogP contribution in [0.1, 0.15) is 35.3 Å². The Morgan fingerprint density at radius 2 is 1.90 bits per heavy atom. The molecule has 0 aliphatic carbocycles. The lowest BCUT2D eigenvalue weighted by atomic mass is 10.0. The Hall–Kier alpha value is -2.17. The number of aryl methyl sites for hydroxylation is 2. The number of hydrogen-bond donors (Lipinski definition) is 1. The summed E-state index contributed by atoms with van der Waals surface area (Å²) < 4.78 is 0. The number of hydrogen-bond acceptors (Lipinski definition) is 3. The van der Waals surface area contributed by atoms with Gasteiger partial charge in [-0.3, -0.25) is 19.3 Å². The molecule has 1 heterocycles. The minimum Gasteiger partial charge on any atom is -0.352 e. The lowest BCUT2D eigenvalue weighted by Crippen LogP contribution is -2.42. The molecule has 106 valence electrons. The quantitative estimate of drug-likeness (QED) is 0.846. The Kier molecular flexibility index (Phi) is 3.61. The maximum Gasteiger partial charge on any atom is 0.299 e. The highest BCUT2D eigenvalue weighted by molar-refractivity contribution is 6.53. The van der Waals surface area contributed by atoms with E-state index in [0.717, 1.165) is 11.1 Å². The smallest absolute Gasteiger partial charge is 0.299 e. The van der Waals surface area contributed by atoms with Crippen LogP contribution < -0.4 is 10.2 Å². The van der Waals surface area contributed by atoms with E-state index in [9.17, 15) is 14.4 Å². The number of amides is 2. The van der Waals surface area contributed by atoms with Gasteiger partial charge in [0.15, 0.2) is 0 Å². The van der Waals surface area contributed by atoms with Gasteiger partial charge in [-0.25, -0.2) is 0 Å². The van der Waals surface area contributed by atoms with Crippen molar-refractivity contribution in [3.05, 3.63) is 28.8 Å². The number of ketones is 1. The molecule has 5 heteroatoms. The van der Waals surface area contributed by atoms with E-state index in [-0.39, 0.29) is 18.5 Å². The molecule has 0 bridgehead atoms. The van der Waals surface area contributed by atoms with Crippen LogP contribution in [0.4, 0.5) is 5.69 Å². The van der Waals surface area contributed by atoms with Crippen LogP contribution in [-0.2, 0) is 9.59 Å². The molecule has 1 aromatic rings. The molecule has 5 nitrogen and oxygen atoms in total. The van der Waals surface area contributed by atoms with Gasteiger partial charge in [-0.15, -0.1) is 0 Å². The lowest BCUT2D eigenvalue weighted by Gasteiger charge is -2.18. The predicted octanol–water partition coefficient (Wildman–Crippen LogP) is 1.36. The molecule has 0 radical (unpaired) electrons. The largest absolute Gasteiger partial charge is 0.352 e. The van der Waals surface area contributed by atoms with E-state index in [0.29, 0.717) is 11.3 Å². The molecule has 0 aromatic heterocycles. The molecule has 0 fully saturated rings. The van der Waals surface area contributed by atoms with E-state index >= 15 is 0 Å². The third kappa shape index (κ3) is 2.43. The number of nitrogens with zero attached hydrogens (tertiary/aromatic N) is 1. The van der Waals surface area contributed by atoms with Crippen molar-refractivity contribution in [2.75, 3.05) is 11.4 Å². The van der Waals surface area contributed by atoms with E-state index in [1.165, 1.54) is 4.90 Å². The molecule has 2 rings (SSSR count). The molecule has 1 aromatic carbocycles. The summed E-state index contributed by atoms with van der Waals surface area (Å²) in [5, 5.41) is 2.72. The van der Waals surface area contributed by atoms with Gasteiger partial charge in [-0.2, -0.15) is 0 Å². The zero-order valence-electron chi connectivity index (χ0n) is 12.1. The number of carbonyl (C=O) groups excluding carboxylic acids is 3. The van der Waals surface area contributed by atoms with E-state index in [4.69, 9.17) is 0 Å². The standard InChI is InChI=1S/C15H18N2O3/c1-8(2)16-12(18)7-17-11-6-9(3)5-10(4)13(11)14(19)15(17)20/h5-6,8H,7H2,1-4H3,(H,16,18). The second kappa shape index (κ2) is 5.07. The Morgan fingerprint density at radius 3 is 2.50 bits per heavy atom. The summed E-state index contributed by atoms with van der Waals surface area (Å²) in [5.74, 6) is -1.43. The molecule has 0 spiro atoms. The van der Waals surface area contributed by atoms with Crippen molar-refractivity contribution in [1.82, 2.24) is 5.32 Å². The van der Waals surface area contributed by atoms with Crippen molar-refractivity contribution < 1.29 is 14.4 Å². The number of nitrogens with one attached hydrogen (secondary N) is 1. The highest BCUT2D eigenvalue weighted by Gasteiger charge is 2.38. The molecule has 1 aliphatic heterocycles. The first-order valence-corrected chi connectivity index (χ1v) is 6.58. The van der Waals surface area contributed by atoms with Crippen molar-refractivity contribution >= 4 is 23.3 Å². The zero-order chi connectivity index (χ0) is 15.0. The maximum absolute atomic E-state index is 12.0. The van der Waals surface area contributed by atoms with E-state index < -0.39 is 11.7 Å². The number of anilines is 1. The molecule has 1 aliphatic rings. The third-order valence-corrected chi connectivity index (χ3v) is 3.17. The van der Waals surface area contributed by atoms with Crippen molar-refractivity contribution in [2.24, 2.45) is 0 Å². The summed E-state index contributed by atoms with van der Waals surface area (Å²) in [6.45, 7) is 7.26. The lowest BCUT2D eigenvalue weighted by molar-refractivity contribution is -0.122. The fourth-order valence-corrected chi connectivity index (χ4v) is 2.46. The van der Waals surface area contributed by atoms with Gasteiger partial charge in [0.05, 0.1) is 11.3 Å². The highest BCUT2D eigenvalue weighted by atomic mass is 16.2. The van der Waals surface area contributed by atoms with Gasteiger partial charge in [-0.05, 0) is 44.9 Å². The minimum atomic E-state index is -0.632. The van der Waals surface area contributed by atoms with Crippen molar-refractivity contribution in [2.45, 2.75) is 33.7 Å². The first kappa shape index (κ1) is 14.2. The summed E-state index contributed by atoms with van der Waals surface area (Å²) in [5.41, 5.74) is 2.68. The van der Waals surface area contributed by atoms with Crippen molar-refractivity contribution in [3.63, 3.8) is 0 Å². The van der Waals surface area contributed by atoms with Crippen LogP contribution in [0.3, 0.4) is 0 Å². The fourth-order valence-electron chi connectivity index (χ4n) is 2.46. The second-order valence-electron chi connectivity index (χ2n) is 5.42. The molecule has 20 heavy (non-hydrogen) atoms. The van der Waals surface area contributed by atoms with Crippen LogP contribution in [0, 0.1) is 13.8 Å². The van der Waals surface area contributed by atoms with Crippen LogP contribution in [0.2, 0.25) is 0 Å². The van der Waals surface area contributed by atoms with Crippen LogP contribution in [-0.4, -0.2) is 30.2 Å². The molecule has 0 atom stereocenters. The van der Waals surface area contributed by atoms with E-state index in [2.05, 4.69) is 5.32 Å². The fraction of sp³-hybridized carbons (Fsp3) is 0.400. The van der Waals surface area contributed by atoms with Crippen LogP contribution >= 0.6 is 0 Å². The molecule has 0 saturated carbocycles. The van der Waals surface area contributed by atoms with E-state index in [1.54, 1.807) is 13.0 Å². The molecule has 0 saturated heterocycles. The first-order chi connectivity index (χ1) is 9.31. The first-order valence-electron chi connectivity index (χ1n) is 6.58.